The highest BCUT2D eigenvalue weighted by Gasteiger charge is 2.13. The van der Waals surface area contributed by atoms with Crippen LogP contribution in [0.3, 0.4) is 0 Å². The summed E-state index contributed by atoms with van der Waals surface area (Å²) in [6.45, 7) is 2.63. The fourth-order valence-electron chi connectivity index (χ4n) is 2.40. The van der Waals surface area contributed by atoms with E-state index in [1.54, 1.807) is 7.11 Å². The van der Waals surface area contributed by atoms with Crippen LogP contribution in [0.25, 0.3) is 0 Å². The van der Waals surface area contributed by atoms with E-state index >= 15 is 0 Å². The van der Waals surface area contributed by atoms with E-state index in [1.807, 2.05) is 50.5 Å². The van der Waals surface area contributed by atoms with E-state index in [-0.39, 0.29) is 30.0 Å². The van der Waals surface area contributed by atoms with Gasteiger partial charge in [-0.3, -0.25) is 4.99 Å². The Morgan fingerprint density at radius 1 is 1.12 bits per heavy atom. The van der Waals surface area contributed by atoms with Crippen molar-refractivity contribution < 1.29 is 4.74 Å². The van der Waals surface area contributed by atoms with Gasteiger partial charge in [-0.05, 0) is 50.8 Å². The molecule has 25 heavy (non-hydrogen) atoms. The summed E-state index contributed by atoms with van der Waals surface area (Å²) in [6.07, 6.45) is 0. The summed E-state index contributed by atoms with van der Waals surface area (Å²) in [7, 11) is 5.74. The van der Waals surface area contributed by atoms with Crippen molar-refractivity contribution in [3.63, 3.8) is 0 Å². The number of hydrogen-bond donors (Lipinski definition) is 2. The molecule has 0 fully saturated rings. The zero-order valence-electron chi connectivity index (χ0n) is 15.2. The fourth-order valence-corrected chi connectivity index (χ4v) is 2.40. The van der Waals surface area contributed by atoms with Crippen molar-refractivity contribution in [1.82, 2.24) is 4.90 Å². The van der Waals surface area contributed by atoms with Crippen LogP contribution in [-0.2, 0) is 0 Å². The normalized spacial score (nSPS) is 12.4. The summed E-state index contributed by atoms with van der Waals surface area (Å²) in [5.41, 5.74) is 9.34. The highest BCUT2D eigenvalue weighted by molar-refractivity contribution is 14.0. The predicted octanol–water partition coefficient (Wildman–Crippen LogP) is 3.65. The maximum Gasteiger partial charge on any atom is 0.193 e. The van der Waals surface area contributed by atoms with Crippen LogP contribution >= 0.6 is 24.0 Å². The Bertz CT molecular complexity index is 669. The number of methoxy groups -OCH3 is 1. The van der Waals surface area contributed by atoms with Crippen molar-refractivity contribution in [2.75, 3.05) is 33.1 Å². The molecule has 0 radical (unpaired) electrons. The molecule has 0 aliphatic carbocycles. The van der Waals surface area contributed by atoms with Gasteiger partial charge in [-0.25, -0.2) is 0 Å². The van der Waals surface area contributed by atoms with Crippen molar-refractivity contribution in [3.05, 3.63) is 59.7 Å². The molecule has 0 saturated heterocycles. The Morgan fingerprint density at radius 2 is 1.72 bits per heavy atom. The molecule has 0 aliphatic heterocycles. The number of ether oxygens (including phenoxy) is 1. The van der Waals surface area contributed by atoms with E-state index in [1.165, 1.54) is 11.1 Å². The molecule has 0 saturated carbocycles. The second-order valence-corrected chi connectivity index (χ2v) is 5.97. The zero-order chi connectivity index (χ0) is 17.5. The van der Waals surface area contributed by atoms with Crippen molar-refractivity contribution in [2.45, 2.75) is 13.0 Å². The molecule has 3 N–H and O–H groups in total. The number of nitrogens with one attached hydrogen (secondary N) is 1. The summed E-state index contributed by atoms with van der Waals surface area (Å²) < 4.78 is 5.21. The number of guanidine groups is 1. The lowest BCUT2D eigenvalue weighted by Gasteiger charge is -2.23. The third kappa shape index (κ3) is 6.55. The molecule has 1 unspecified atom stereocenters. The number of rotatable bonds is 6. The molecule has 0 bridgehead atoms. The SMILES string of the molecule is COc1ccc(C(CN=C(N)Nc2ccc(C)cc2)N(C)C)cc1.I. The number of nitrogens with two attached hydrogens (primary N) is 1. The number of nitrogens with zero attached hydrogens (tertiary/aromatic N) is 2. The van der Waals surface area contributed by atoms with E-state index < -0.39 is 0 Å². The van der Waals surface area contributed by atoms with Crippen LogP contribution in [0.15, 0.2) is 53.5 Å². The largest absolute Gasteiger partial charge is 0.497 e. The van der Waals surface area contributed by atoms with E-state index in [2.05, 4.69) is 34.3 Å². The van der Waals surface area contributed by atoms with Crippen molar-refractivity contribution in [1.29, 1.82) is 0 Å². The van der Waals surface area contributed by atoms with Crippen LogP contribution in [0.2, 0.25) is 0 Å². The van der Waals surface area contributed by atoms with Crippen LogP contribution in [0.4, 0.5) is 5.69 Å². The standard InChI is InChI=1S/C19H26N4O.HI/c1-14-5-9-16(10-6-14)22-19(20)21-13-18(23(2)3)15-7-11-17(24-4)12-8-15;/h5-12,18H,13H2,1-4H3,(H3,20,21,22);1H. The van der Waals surface area contributed by atoms with Crippen LogP contribution in [-0.4, -0.2) is 38.6 Å². The molecule has 136 valence electrons. The van der Waals surface area contributed by atoms with Crippen molar-refractivity contribution >= 4 is 35.6 Å². The van der Waals surface area contributed by atoms with Gasteiger partial charge in [-0.2, -0.15) is 0 Å². The first-order valence-corrected chi connectivity index (χ1v) is 7.93. The molecule has 2 aromatic rings. The Labute approximate surface area is 167 Å². The molecule has 0 aliphatic rings. The second-order valence-electron chi connectivity index (χ2n) is 5.97. The first-order valence-electron chi connectivity index (χ1n) is 7.93. The monoisotopic (exact) mass is 454 g/mol. The van der Waals surface area contributed by atoms with E-state index in [9.17, 15) is 0 Å². The number of anilines is 1. The van der Waals surface area contributed by atoms with Gasteiger partial charge in [-0.1, -0.05) is 29.8 Å². The Balaban J connectivity index is 0.00000312. The third-order valence-electron chi connectivity index (χ3n) is 3.88. The molecular formula is C19H27IN4O. The van der Waals surface area contributed by atoms with Gasteiger partial charge in [0.15, 0.2) is 5.96 Å². The highest BCUT2D eigenvalue weighted by Crippen LogP contribution is 2.21. The molecule has 0 heterocycles. The number of hydrogen-bond acceptors (Lipinski definition) is 3. The molecule has 1 atom stereocenters. The fraction of sp³-hybridized carbons (Fsp3) is 0.316. The van der Waals surface area contributed by atoms with Gasteiger partial charge in [0, 0.05) is 5.69 Å². The lowest BCUT2D eigenvalue weighted by Crippen LogP contribution is -2.27. The van der Waals surface area contributed by atoms with E-state index in [0.29, 0.717) is 12.5 Å². The second kappa shape index (κ2) is 10.2. The molecule has 5 nitrogen and oxygen atoms in total. The number of aryl methyl sites for hydroxylation is 1. The van der Waals surface area contributed by atoms with Crippen molar-refractivity contribution in [3.8, 4) is 5.75 Å². The lowest BCUT2D eigenvalue weighted by atomic mass is 10.1. The summed E-state index contributed by atoms with van der Waals surface area (Å²) in [6, 6.07) is 16.2. The number of aliphatic imine (C=N–C) groups is 1. The molecule has 0 amide bonds. The summed E-state index contributed by atoms with van der Waals surface area (Å²) in [5.74, 6) is 1.26. The molecule has 2 aromatic carbocycles. The minimum atomic E-state index is 0. The van der Waals surface area contributed by atoms with Crippen LogP contribution in [0.5, 0.6) is 5.75 Å². The first kappa shape index (κ1) is 21.2. The smallest absolute Gasteiger partial charge is 0.193 e. The lowest BCUT2D eigenvalue weighted by molar-refractivity contribution is 0.306. The van der Waals surface area contributed by atoms with Crippen LogP contribution in [0, 0.1) is 6.92 Å². The third-order valence-corrected chi connectivity index (χ3v) is 3.88. The quantitative estimate of drug-likeness (QED) is 0.398. The van der Waals surface area contributed by atoms with Gasteiger partial charge in [0.1, 0.15) is 5.75 Å². The maximum atomic E-state index is 6.02. The van der Waals surface area contributed by atoms with Crippen LogP contribution < -0.4 is 15.8 Å². The van der Waals surface area contributed by atoms with Gasteiger partial charge < -0.3 is 20.7 Å². The van der Waals surface area contributed by atoms with Gasteiger partial charge in [0.2, 0.25) is 0 Å². The minimum absolute atomic E-state index is 0. The Morgan fingerprint density at radius 3 is 2.24 bits per heavy atom. The molecule has 0 spiro atoms. The zero-order valence-corrected chi connectivity index (χ0v) is 17.5. The average Bonchev–Trinajstić information content (AvgIpc) is 2.57. The Kier molecular flexibility index (Phi) is 8.71. The number of benzene rings is 2. The minimum Gasteiger partial charge on any atom is -0.497 e. The van der Waals surface area contributed by atoms with E-state index in [0.717, 1.165) is 11.4 Å². The summed E-state index contributed by atoms with van der Waals surface area (Å²) in [4.78, 5) is 6.62. The molecular weight excluding hydrogens is 427 g/mol. The number of halogens is 1. The highest BCUT2D eigenvalue weighted by atomic mass is 127. The van der Waals surface area contributed by atoms with Gasteiger partial charge in [0.05, 0.1) is 19.7 Å². The number of likely N-dealkylation sites (N-methyl/N-ethyl adjacent to an activating group) is 1. The molecule has 2 rings (SSSR count). The van der Waals surface area contributed by atoms with Gasteiger partial charge in [0.25, 0.3) is 0 Å². The average molecular weight is 454 g/mol. The molecule has 6 heteroatoms. The topological polar surface area (TPSA) is 62.9 Å². The van der Waals surface area contributed by atoms with Crippen LogP contribution in [0.1, 0.15) is 17.2 Å². The summed E-state index contributed by atoms with van der Waals surface area (Å²) >= 11 is 0. The maximum absolute atomic E-state index is 6.02. The van der Waals surface area contributed by atoms with E-state index in [4.69, 9.17) is 10.5 Å². The first-order chi connectivity index (χ1) is 11.5. The van der Waals surface area contributed by atoms with Crippen molar-refractivity contribution in [2.24, 2.45) is 10.7 Å². The predicted molar refractivity (Wildman–Crippen MR) is 116 cm³/mol. The Hall–Kier alpha value is -1.80. The van der Waals surface area contributed by atoms with Gasteiger partial charge in [-0.15, -0.1) is 24.0 Å². The summed E-state index contributed by atoms with van der Waals surface area (Å²) in [5, 5.41) is 3.12. The molecule has 0 aromatic heterocycles. The van der Waals surface area contributed by atoms with Gasteiger partial charge >= 0.3 is 0 Å².